The summed E-state index contributed by atoms with van der Waals surface area (Å²) in [6.45, 7) is 5.79. The van der Waals surface area contributed by atoms with Crippen molar-refractivity contribution >= 4 is 21.8 Å². The number of hydrogen-bond donors (Lipinski definition) is 1. The number of hydrogen-bond acceptors (Lipinski definition) is 5. The fraction of sp³-hybridized carbons (Fsp3) is 0.714. The maximum Gasteiger partial charge on any atom is 0.275 e. The van der Waals surface area contributed by atoms with Gasteiger partial charge in [-0.2, -0.15) is 11.8 Å². The molecule has 21 heavy (non-hydrogen) atoms. The minimum Gasteiger partial charge on any atom is -0.447 e. The molecule has 1 aromatic rings. The zero-order chi connectivity index (χ0) is 16.1. The monoisotopic (exact) mass is 334 g/mol. The number of rotatable bonds is 9. The van der Waals surface area contributed by atoms with E-state index in [-0.39, 0.29) is 9.84 Å². The van der Waals surface area contributed by atoms with Crippen LogP contribution in [0, 0.1) is 0 Å². The summed E-state index contributed by atoms with van der Waals surface area (Å²) in [7, 11) is -0.506. The molecule has 0 atom stereocenters. The topological polar surface area (TPSA) is 62.6 Å². The molecule has 0 aromatic carbocycles. The van der Waals surface area contributed by atoms with Crippen LogP contribution in [-0.2, 0) is 16.6 Å². The predicted octanol–water partition coefficient (Wildman–Crippen LogP) is 2.54. The van der Waals surface area contributed by atoms with Crippen LogP contribution in [0.15, 0.2) is 21.6 Å². The summed E-state index contributed by atoms with van der Waals surface area (Å²) < 4.78 is 30.7. The van der Waals surface area contributed by atoms with Gasteiger partial charge >= 0.3 is 0 Å². The molecule has 7 heteroatoms. The molecule has 0 radical (unpaired) electrons. The zero-order valence-electron chi connectivity index (χ0n) is 13.5. The summed E-state index contributed by atoms with van der Waals surface area (Å²) in [5.41, 5.74) is 0. The molecule has 0 aliphatic carbocycles. The first-order valence-electron chi connectivity index (χ1n) is 7.08. The number of furan rings is 1. The van der Waals surface area contributed by atoms with Crippen LogP contribution in [0.2, 0.25) is 0 Å². The highest BCUT2D eigenvalue weighted by atomic mass is 32.2. The van der Waals surface area contributed by atoms with Gasteiger partial charge in [-0.1, -0.05) is 13.8 Å². The van der Waals surface area contributed by atoms with E-state index in [2.05, 4.69) is 25.4 Å². The number of nitrogens with one attached hydrogen (secondary N) is 1. The SMILES string of the molecule is CCC(CC)(CNCc1ccc(S(=O)(=O)N(C)C)o1)SC. The third kappa shape index (κ3) is 4.48. The Bertz CT molecular complexity index is 526. The van der Waals surface area contributed by atoms with E-state index >= 15 is 0 Å². The highest BCUT2D eigenvalue weighted by Gasteiger charge is 2.25. The average molecular weight is 335 g/mol. The lowest BCUT2D eigenvalue weighted by Gasteiger charge is -2.29. The lowest BCUT2D eigenvalue weighted by Crippen LogP contribution is -2.36. The van der Waals surface area contributed by atoms with Gasteiger partial charge in [-0.3, -0.25) is 0 Å². The van der Waals surface area contributed by atoms with Gasteiger partial charge in [-0.25, -0.2) is 12.7 Å². The summed E-state index contributed by atoms with van der Waals surface area (Å²) in [5.74, 6) is 0.637. The fourth-order valence-corrected chi connectivity index (χ4v) is 3.68. The Hall–Kier alpha value is -0.500. The van der Waals surface area contributed by atoms with Crippen molar-refractivity contribution in [3.05, 3.63) is 17.9 Å². The Morgan fingerprint density at radius 2 is 1.90 bits per heavy atom. The van der Waals surface area contributed by atoms with E-state index < -0.39 is 10.0 Å². The molecule has 0 saturated heterocycles. The molecule has 0 spiro atoms. The largest absolute Gasteiger partial charge is 0.447 e. The molecule has 0 saturated carbocycles. The van der Waals surface area contributed by atoms with Crippen molar-refractivity contribution in [1.29, 1.82) is 0 Å². The van der Waals surface area contributed by atoms with Gasteiger partial charge in [0.2, 0.25) is 5.09 Å². The lowest BCUT2D eigenvalue weighted by molar-refractivity contribution is 0.382. The molecule has 122 valence electrons. The summed E-state index contributed by atoms with van der Waals surface area (Å²) >= 11 is 1.87. The van der Waals surface area contributed by atoms with E-state index in [1.54, 1.807) is 6.07 Å². The normalized spacial score (nSPS) is 13.0. The van der Waals surface area contributed by atoms with Crippen LogP contribution in [0.1, 0.15) is 32.4 Å². The summed E-state index contributed by atoms with van der Waals surface area (Å²) in [5, 5.41) is 3.36. The molecule has 0 aliphatic heterocycles. The highest BCUT2D eigenvalue weighted by Crippen LogP contribution is 2.29. The van der Waals surface area contributed by atoms with Crippen molar-refractivity contribution in [1.82, 2.24) is 9.62 Å². The average Bonchev–Trinajstić information content (AvgIpc) is 2.93. The summed E-state index contributed by atoms with van der Waals surface area (Å²) in [6, 6.07) is 3.22. The van der Waals surface area contributed by atoms with Gasteiger partial charge < -0.3 is 9.73 Å². The summed E-state index contributed by atoms with van der Waals surface area (Å²) in [4.78, 5) is 0. The molecule has 0 unspecified atom stereocenters. The van der Waals surface area contributed by atoms with Crippen molar-refractivity contribution in [2.24, 2.45) is 0 Å². The fourth-order valence-electron chi connectivity index (χ4n) is 2.05. The molecule has 1 aromatic heterocycles. The van der Waals surface area contributed by atoms with Crippen molar-refractivity contribution in [2.45, 2.75) is 43.1 Å². The number of thioether (sulfide) groups is 1. The third-order valence-electron chi connectivity index (χ3n) is 3.84. The molecule has 5 nitrogen and oxygen atoms in total. The quantitative estimate of drug-likeness (QED) is 0.752. The first-order chi connectivity index (χ1) is 9.81. The van der Waals surface area contributed by atoms with Gasteiger partial charge in [0.15, 0.2) is 0 Å². The minimum atomic E-state index is -3.49. The van der Waals surface area contributed by atoms with E-state index in [9.17, 15) is 8.42 Å². The predicted molar refractivity (Wildman–Crippen MR) is 88.1 cm³/mol. The molecule has 0 bridgehead atoms. The maximum absolute atomic E-state index is 11.9. The molecule has 0 aliphatic rings. The number of nitrogens with zero attached hydrogens (tertiary/aromatic N) is 1. The van der Waals surface area contributed by atoms with Crippen LogP contribution in [-0.4, -0.2) is 44.4 Å². The molecular formula is C14H26N2O3S2. The Kier molecular flexibility index (Phi) is 6.77. The van der Waals surface area contributed by atoms with Crippen molar-refractivity contribution in [3.8, 4) is 0 Å². The molecule has 1 rings (SSSR count). The first-order valence-corrected chi connectivity index (χ1v) is 9.75. The third-order valence-corrected chi connectivity index (χ3v) is 7.12. The lowest BCUT2D eigenvalue weighted by atomic mass is 10.0. The van der Waals surface area contributed by atoms with Crippen LogP contribution >= 0.6 is 11.8 Å². The van der Waals surface area contributed by atoms with Crippen molar-refractivity contribution in [3.63, 3.8) is 0 Å². The van der Waals surface area contributed by atoms with Crippen LogP contribution in [0.25, 0.3) is 0 Å². The number of sulfonamides is 1. The Morgan fingerprint density at radius 3 is 2.38 bits per heavy atom. The molecule has 1 heterocycles. The van der Waals surface area contributed by atoms with Crippen molar-refractivity contribution < 1.29 is 12.8 Å². The summed E-state index contributed by atoms with van der Waals surface area (Å²) in [6.07, 6.45) is 4.31. The van der Waals surface area contributed by atoms with Gasteiger partial charge in [0.05, 0.1) is 6.54 Å². The second kappa shape index (κ2) is 7.67. The van der Waals surface area contributed by atoms with Crippen LogP contribution in [0.3, 0.4) is 0 Å². The van der Waals surface area contributed by atoms with Gasteiger partial charge in [-0.15, -0.1) is 0 Å². The van der Waals surface area contributed by atoms with E-state index in [4.69, 9.17) is 4.42 Å². The molecule has 0 amide bonds. The van der Waals surface area contributed by atoms with Gasteiger partial charge in [-0.05, 0) is 31.2 Å². The molecular weight excluding hydrogens is 308 g/mol. The second-order valence-corrected chi connectivity index (χ2v) is 8.56. The van der Waals surface area contributed by atoms with Gasteiger partial charge in [0.25, 0.3) is 10.0 Å². The van der Waals surface area contributed by atoms with E-state index in [1.165, 1.54) is 20.2 Å². The van der Waals surface area contributed by atoms with Crippen LogP contribution in [0.4, 0.5) is 0 Å². The van der Waals surface area contributed by atoms with Crippen LogP contribution in [0.5, 0.6) is 0 Å². The van der Waals surface area contributed by atoms with Gasteiger partial charge in [0.1, 0.15) is 5.76 Å². The second-order valence-electron chi connectivity index (χ2n) is 5.21. The Labute approximate surface area is 132 Å². The van der Waals surface area contributed by atoms with Gasteiger partial charge in [0, 0.05) is 25.4 Å². The zero-order valence-corrected chi connectivity index (χ0v) is 15.1. The first kappa shape index (κ1) is 18.5. The highest BCUT2D eigenvalue weighted by molar-refractivity contribution is 8.00. The molecule has 1 N–H and O–H groups in total. The standard InChI is InChI=1S/C14H26N2O3S2/c1-6-14(7-2,20-5)11-15-10-12-8-9-13(19-12)21(17,18)16(3)4/h8-9,15H,6-7,10-11H2,1-5H3. The molecule has 0 fully saturated rings. The smallest absolute Gasteiger partial charge is 0.275 e. The van der Waals surface area contributed by atoms with E-state index in [0.717, 1.165) is 23.7 Å². The Morgan fingerprint density at radius 1 is 1.29 bits per heavy atom. The Balaban J connectivity index is 2.65. The van der Waals surface area contributed by atoms with Crippen molar-refractivity contribution in [2.75, 3.05) is 26.9 Å². The van der Waals surface area contributed by atoms with Crippen LogP contribution < -0.4 is 5.32 Å². The van der Waals surface area contributed by atoms with E-state index in [0.29, 0.717) is 12.3 Å². The van der Waals surface area contributed by atoms with E-state index in [1.807, 2.05) is 11.8 Å². The minimum absolute atomic E-state index is 0.00795. The maximum atomic E-state index is 11.9.